The summed E-state index contributed by atoms with van der Waals surface area (Å²) in [4.78, 5) is 26.6. The van der Waals surface area contributed by atoms with E-state index >= 15 is 0 Å². The minimum absolute atomic E-state index is 0.0119. The number of β-amino-alcohol motifs (C(OH)–C–C–N with tert-alkyl or cyclic N) is 1. The van der Waals surface area contributed by atoms with Gasteiger partial charge in [-0.2, -0.15) is 0 Å². The Balaban J connectivity index is 1.59. The molecular weight excluding hydrogens is 300 g/mol. The first-order chi connectivity index (χ1) is 10.6. The minimum atomic E-state index is -0.511. The molecule has 1 aliphatic heterocycles. The Bertz CT molecular complexity index is 646. The summed E-state index contributed by atoms with van der Waals surface area (Å²) < 4.78 is 0. The number of carbonyl (C=O) groups is 1. The quantitative estimate of drug-likeness (QED) is 0.904. The van der Waals surface area contributed by atoms with E-state index < -0.39 is 6.10 Å². The Morgan fingerprint density at radius 2 is 2.27 bits per heavy atom. The van der Waals surface area contributed by atoms with Crippen LogP contribution in [0.1, 0.15) is 16.4 Å². The highest BCUT2D eigenvalue weighted by Crippen LogP contribution is 2.21. The SMILES string of the molecule is Cc1nc(CC(=O)N2C[C@@H](Cc3cnccn3)[C@H](O)C2)cs1. The molecule has 2 atom stereocenters. The van der Waals surface area contributed by atoms with Crippen LogP contribution in [0.3, 0.4) is 0 Å². The lowest BCUT2D eigenvalue weighted by molar-refractivity contribution is -0.129. The van der Waals surface area contributed by atoms with Crippen molar-refractivity contribution >= 4 is 17.2 Å². The first-order valence-electron chi connectivity index (χ1n) is 7.23. The van der Waals surface area contributed by atoms with Crippen LogP contribution in [-0.2, 0) is 17.6 Å². The van der Waals surface area contributed by atoms with Crippen molar-refractivity contribution in [2.45, 2.75) is 25.9 Å². The van der Waals surface area contributed by atoms with Gasteiger partial charge in [-0.05, 0) is 13.3 Å². The first kappa shape index (κ1) is 15.1. The lowest BCUT2D eigenvalue weighted by Crippen LogP contribution is -2.31. The van der Waals surface area contributed by atoms with E-state index in [2.05, 4.69) is 15.0 Å². The summed E-state index contributed by atoms with van der Waals surface area (Å²) >= 11 is 1.55. The molecule has 3 rings (SSSR count). The summed E-state index contributed by atoms with van der Waals surface area (Å²) in [6.07, 6.45) is 5.39. The molecule has 6 nitrogen and oxygen atoms in total. The monoisotopic (exact) mass is 318 g/mol. The van der Waals surface area contributed by atoms with Crippen molar-refractivity contribution in [3.63, 3.8) is 0 Å². The summed E-state index contributed by atoms with van der Waals surface area (Å²) in [6.45, 7) is 2.86. The number of hydrogen-bond donors (Lipinski definition) is 1. The van der Waals surface area contributed by atoms with Gasteiger partial charge < -0.3 is 10.0 Å². The smallest absolute Gasteiger partial charge is 0.228 e. The van der Waals surface area contributed by atoms with Crippen molar-refractivity contribution in [2.24, 2.45) is 5.92 Å². The van der Waals surface area contributed by atoms with Gasteiger partial charge in [0.05, 0.1) is 28.9 Å². The summed E-state index contributed by atoms with van der Waals surface area (Å²) in [7, 11) is 0. The van der Waals surface area contributed by atoms with E-state index in [9.17, 15) is 9.90 Å². The Hall–Kier alpha value is -1.86. The summed E-state index contributed by atoms with van der Waals surface area (Å²) in [5, 5.41) is 13.1. The van der Waals surface area contributed by atoms with E-state index in [-0.39, 0.29) is 11.8 Å². The zero-order valence-corrected chi connectivity index (χ0v) is 13.2. The summed E-state index contributed by atoms with van der Waals surface area (Å²) in [5.41, 5.74) is 1.65. The molecule has 0 bridgehead atoms. The number of likely N-dealkylation sites (tertiary alicyclic amines) is 1. The van der Waals surface area contributed by atoms with E-state index in [1.165, 1.54) is 0 Å². The van der Waals surface area contributed by atoms with Gasteiger partial charge in [0.1, 0.15) is 0 Å². The number of aromatic nitrogens is 3. The number of rotatable bonds is 4. The molecule has 3 heterocycles. The number of aliphatic hydroxyl groups is 1. The highest BCUT2D eigenvalue weighted by atomic mass is 32.1. The standard InChI is InChI=1S/C15H18N4O2S/c1-10-18-13(9-22-10)5-15(21)19-7-11(14(20)8-19)4-12-6-16-2-3-17-12/h2-3,6,9,11,14,20H,4-5,7-8H2,1H3/t11-,14-/m1/s1. The van der Waals surface area contributed by atoms with Crippen LogP contribution < -0.4 is 0 Å². The molecule has 1 saturated heterocycles. The minimum Gasteiger partial charge on any atom is -0.391 e. The van der Waals surface area contributed by atoms with Crippen LogP contribution in [0.2, 0.25) is 0 Å². The van der Waals surface area contributed by atoms with Gasteiger partial charge >= 0.3 is 0 Å². The second kappa shape index (κ2) is 6.50. The lowest BCUT2D eigenvalue weighted by Gasteiger charge is -2.15. The molecule has 22 heavy (non-hydrogen) atoms. The number of thiazole rings is 1. The van der Waals surface area contributed by atoms with Crippen molar-refractivity contribution in [2.75, 3.05) is 13.1 Å². The Kier molecular flexibility index (Phi) is 4.44. The third-order valence-corrected chi connectivity index (χ3v) is 4.67. The Morgan fingerprint density at radius 3 is 2.95 bits per heavy atom. The molecule has 1 aliphatic rings. The number of hydrogen-bond acceptors (Lipinski definition) is 6. The van der Waals surface area contributed by atoms with Gasteiger partial charge in [0.15, 0.2) is 0 Å². The van der Waals surface area contributed by atoms with Crippen molar-refractivity contribution in [3.05, 3.63) is 40.4 Å². The molecule has 0 unspecified atom stereocenters. The predicted molar refractivity (Wildman–Crippen MR) is 82.4 cm³/mol. The number of nitrogens with zero attached hydrogens (tertiary/aromatic N) is 4. The molecule has 0 aromatic carbocycles. The topological polar surface area (TPSA) is 79.2 Å². The molecule has 116 valence electrons. The van der Waals surface area contributed by atoms with Crippen LogP contribution in [0.25, 0.3) is 0 Å². The average molecular weight is 318 g/mol. The summed E-state index contributed by atoms with van der Waals surface area (Å²) in [6, 6.07) is 0. The van der Waals surface area contributed by atoms with E-state index in [0.29, 0.717) is 25.9 Å². The third kappa shape index (κ3) is 3.48. The zero-order chi connectivity index (χ0) is 15.5. The maximum absolute atomic E-state index is 12.3. The molecule has 0 saturated carbocycles. The Labute approximate surface area is 132 Å². The number of aryl methyl sites for hydroxylation is 1. The van der Waals surface area contributed by atoms with Crippen LogP contribution >= 0.6 is 11.3 Å². The van der Waals surface area contributed by atoms with Crippen molar-refractivity contribution in [1.29, 1.82) is 0 Å². The fourth-order valence-electron chi connectivity index (χ4n) is 2.72. The molecule has 0 aliphatic carbocycles. The van der Waals surface area contributed by atoms with Crippen LogP contribution in [0.4, 0.5) is 0 Å². The molecule has 1 amide bonds. The molecule has 0 spiro atoms. The molecular formula is C15H18N4O2S. The van der Waals surface area contributed by atoms with Crippen LogP contribution in [0.5, 0.6) is 0 Å². The third-order valence-electron chi connectivity index (χ3n) is 3.85. The summed E-state index contributed by atoms with van der Waals surface area (Å²) in [5.74, 6) is 0.0313. The average Bonchev–Trinajstić information content (AvgIpc) is 3.07. The molecule has 2 aromatic rings. The number of aliphatic hydroxyl groups excluding tert-OH is 1. The van der Waals surface area contributed by atoms with Gasteiger partial charge in [0.25, 0.3) is 0 Å². The fraction of sp³-hybridized carbons (Fsp3) is 0.467. The zero-order valence-electron chi connectivity index (χ0n) is 12.3. The number of carbonyl (C=O) groups excluding carboxylic acids is 1. The van der Waals surface area contributed by atoms with Crippen molar-refractivity contribution in [1.82, 2.24) is 19.9 Å². The second-order valence-electron chi connectivity index (χ2n) is 5.56. The maximum Gasteiger partial charge on any atom is 0.228 e. The first-order valence-corrected chi connectivity index (χ1v) is 8.11. The van der Waals surface area contributed by atoms with E-state index in [1.54, 1.807) is 34.8 Å². The van der Waals surface area contributed by atoms with Gasteiger partial charge in [0.2, 0.25) is 5.91 Å². The lowest BCUT2D eigenvalue weighted by atomic mass is 10.0. The second-order valence-corrected chi connectivity index (χ2v) is 6.62. The molecule has 2 aromatic heterocycles. The van der Waals surface area contributed by atoms with Gasteiger partial charge in [-0.1, -0.05) is 0 Å². The number of amides is 1. The van der Waals surface area contributed by atoms with Crippen LogP contribution in [0, 0.1) is 12.8 Å². The van der Waals surface area contributed by atoms with E-state index in [4.69, 9.17) is 0 Å². The maximum atomic E-state index is 12.3. The van der Waals surface area contributed by atoms with Crippen LogP contribution in [0.15, 0.2) is 24.0 Å². The van der Waals surface area contributed by atoms with E-state index in [1.807, 2.05) is 12.3 Å². The van der Waals surface area contributed by atoms with Crippen molar-refractivity contribution in [3.8, 4) is 0 Å². The van der Waals surface area contributed by atoms with E-state index in [0.717, 1.165) is 16.4 Å². The molecule has 7 heteroatoms. The van der Waals surface area contributed by atoms with Crippen molar-refractivity contribution < 1.29 is 9.90 Å². The largest absolute Gasteiger partial charge is 0.391 e. The van der Waals surface area contributed by atoms with Gasteiger partial charge in [-0.25, -0.2) is 4.98 Å². The molecule has 0 radical (unpaired) electrons. The predicted octanol–water partition coefficient (Wildman–Crippen LogP) is 0.846. The van der Waals surface area contributed by atoms with Gasteiger partial charge in [0, 0.05) is 43.0 Å². The van der Waals surface area contributed by atoms with Crippen LogP contribution in [-0.4, -0.2) is 50.1 Å². The van der Waals surface area contributed by atoms with Gasteiger partial charge in [-0.15, -0.1) is 11.3 Å². The molecule has 1 N–H and O–H groups in total. The fourth-order valence-corrected chi connectivity index (χ4v) is 3.33. The van der Waals surface area contributed by atoms with Gasteiger partial charge in [-0.3, -0.25) is 14.8 Å². The molecule has 1 fully saturated rings. The Morgan fingerprint density at radius 1 is 1.41 bits per heavy atom. The highest BCUT2D eigenvalue weighted by molar-refractivity contribution is 7.09. The highest BCUT2D eigenvalue weighted by Gasteiger charge is 2.34. The normalized spacial score (nSPS) is 21.3.